The predicted octanol–water partition coefficient (Wildman–Crippen LogP) is 4.29. The molecule has 31 heavy (non-hydrogen) atoms. The summed E-state index contributed by atoms with van der Waals surface area (Å²) in [4.78, 5) is 31.8. The lowest BCUT2D eigenvalue weighted by Gasteiger charge is -2.32. The SMILES string of the molecule is Cc1ccc(NC(=O)C2CCCN(C(=O)c3ccc(-n4c(C)ccc4C)cc3)C2)nc1. The fraction of sp³-hybridized carbons (Fsp3) is 0.320. The molecule has 1 unspecified atom stereocenters. The van der Waals surface area contributed by atoms with E-state index in [1.807, 2.05) is 37.3 Å². The number of benzene rings is 1. The predicted molar refractivity (Wildman–Crippen MR) is 121 cm³/mol. The van der Waals surface area contributed by atoms with Gasteiger partial charge >= 0.3 is 0 Å². The first-order chi connectivity index (χ1) is 14.9. The fourth-order valence-corrected chi connectivity index (χ4v) is 4.16. The van der Waals surface area contributed by atoms with Crippen LogP contribution in [0.1, 0.15) is 40.2 Å². The van der Waals surface area contributed by atoms with Crippen LogP contribution in [0.4, 0.5) is 5.82 Å². The van der Waals surface area contributed by atoms with Gasteiger partial charge < -0.3 is 14.8 Å². The average Bonchev–Trinajstić information content (AvgIpc) is 3.13. The van der Waals surface area contributed by atoms with Gasteiger partial charge in [-0.1, -0.05) is 6.07 Å². The van der Waals surface area contributed by atoms with Crippen molar-refractivity contribution in [3.63, 3.8) is 0 Å². The lowest BCUT2D eigenvalue weighted by Crippen LogP contribution is -2.43. The molecule has 0 aliphatic carbocycles. The van der Waals surface area contributed by atoms with E-state index in [1.165, 1.54) is 0 Å². The second kappa shape index (κ2) is 8.76. The minimum atomic E-state index is -0.231. The van der Waals surface area contributed by atoms with Gasteiger partial charge in [-0.15, -0.1) is 0 Å². The first kappa shape index (κ1) is 20.8. The number of hydrogen-bond donors (Lipinski definition) is 1. The monoisotopic (exact) mass is 416 g/mol. The Labute approximate surface area is 182 Å². The molecule has 3 heterocycles. The van der Waals surface area contributed by atoms with Crippen molar-refractivity contribution in [2.45, 2.75) is 33.6 Å². The molecule has 6 nitrogen and oxygen atoms in total. The van der Waals surface area contributed by atoms with E-state index >= 15 is 0 Å². The van der Waals surface area contributed by atoms with E-state index in [9.17, 15) is 9.59 Å². The van der Waals surface area contributed by atoms with Crippen molar-refractivity contribution in [1.29, 1.82) is 0 Å². The third-order valence-electron chi connectivity index (χ3n) is 5.89. The maximum Gasteiger partial charge on any atom is 0.253 e. The van der Waals surface area contributed by atoms with Crippen LogP contribution in [0.2, 0.25) is 0 Å². The van der Waals surface area contributed by atoms with Crippen LogP contribution in [-0.2, 0) is 4.79 Å². The number of likely N-dealkylation sites (tertiary alicyclic amines) is 1. The van der Waals surface area contributed by atoms with Gasteiger partial charge in [-0.25, -0.2) is 4.98 Å². The molecular formula is C25H28N4O2. The molecule has 2 amide bonds. The molecule has 1 atom stereocenters. The summed E-state index contributed by atoms with van der Waals surface area (Å²) < 4.78 is 2.16. The van der Waals surface area contributed by atoms with Crippen molar-refractivity contribution in [1.82, 2.24) is 14.5 Å². The summed E-state index contributed by atoms with van der Waals surface area (Å²) in [6.07, 6.45) is 3.31. The van der Waals surface area contributed by atoms with Gasteiger partial charge in [0, 0.05) is 41.9 Å². The zero-order valence-electron chi connectivity index (χ0n) is 18.3. The number of piperidine rings is 1. The summed E-state index contributed by atoms with van der Waals surface area (Å²) in [5.41, 5.74) is 5.04. The third-order valence-corrected chi connectivity index (χ3v) is 5.89. The zero-order valence-corrected chi connectivity index (χ0v) is 18.3. The summed E-state index contributed by atoms with van der Waals surface area (Å²) in [5, 5.41) is 2.88. The molecule has 1 fully saturated rings. The lowest BCUT2D eigenvalue weighted by atomic mass is 9.96. The number of rotatable bonds is 4. The Balaban J connectivity index is 1.42. The Morgan fingerprint density at radius 3 is 2.32 bits per heavy atom. The van der Waals surface area contributed by atoms with Gasteiger partial charge in [-0.2, -0.15) is 0 Å². The highest BCUT2D eigenvalue weighted by atomic mass is 16.2. The Kier molecular flexibility index (Phi) is 5.89. The Hall–Kier alpha value is -3.41. The number of nitrogens with zero attached hydrogens (tertiary/aromatic N) is 3. The summed E-state index contributed by atoms with van der Waals surface area (Å²) in [5.74, 6) is 0.205. The van der Waals surface area contributed by atoms with Crippen molar-refractivity contribution in [3.8, 4) is 5.69 Å². The van der Waals surface area contributed by atoms with Crippen molar-refractivity contribution in [3.05, 3.63) is 77.2 Å². The molecule has 0 radical (unpaired) electrons. The van der Waals surface area contributed by atoms with E-state index in [0.717, 1.165) is 35.5 Å². The zero-order chi connectivity index (χ0) is 22.0. The van der Waals surface area contributed by atoms with E-state index in [4.69, 9.17) is 0 Å². The summed E-state index contributed by atoms with van der Waals surface area (Å²) in [7, 11) is 0. The Morgan fingerprint density at radius 1 is 0.968 bits per heavy atom. The molecule has 160 valence electrons. The molecule has 1 N–H and O–H groups in total. The van der Waals surface area contributed by atoms with Gasteiger partial charge in [-0.3, -0.25) is 9.59 Å². The Bertz CT molecular complexity index is 1060. The summed E-state index contributed by atoms with van der Waals surface area (Å²) in [6.45, 7) is 7.18. The number of carbonyl (C=O) groups is 2. The molecule has 1 aromatic carbocycles. The number of pyridine rings is 1. The fourth-order valence-electron chi connectivity index (χ4n) is 4.16. The van der Waals surface area contributed by atoms with E-state index in [-0.39, 0.29) is 17.7 Å². The number of aromatic nitrogens is 2. The first-order valence-corrected chi connectivity index (χ1v) is 10.7. The van der Waals surface area contributed by atoms with Gasteiger partial charge in [0.15, 0.2) is 0 Å². The van der Waals surface area contributed by atoms with E-state index < -0.39 is 0 Å². The van der Waals surface area contributed by atoms with E-state index in [2.05, 4.69) is 40.8 Å². The number of carbonyl (C=O) groups excluding carboxylic acids is 2. The number of amides is 2. The van der Waals surface area contributed by atoms with Gasteiger partial charge in [0.1, 0.15) is 5.82 Å². The maximum absolute atomic E-state index is 13.1. The second-order valence-electron chi connectivity index (χ2n) is 8.30. The highest BCUT2D eigenvalue weighted by molar-refractivity contribution is 5.96. The number of aryl methyl sites for hydroxylation is 3. The maximum atomic E-state index is 13.1. The molecule has 2 aromatic heterocycles. The number of hydrogen-bond acceptors (Lipinski definition) is 3. The van der Waals surface area contributed by atoms with Crippen LogP contribution >= 0.6 is 0 Å². The molecule has 6 heteroatoms. The van der Waals surface area contributed by atoms with Crippen LogP contribution in [0.25, 0.3) is 5.69 Å². The standard InChI is InChI=1S/C25H28N4O2/c1-17-6-13-23(26-15-17)27-24(30)21-5-4-14-28(16-21)25(31)20-9-11-22(12-10-20)29-18(2)7-8-19(29)3/h6-13,15,21H,4-5,14,16H2,1-3H3,(H,26,27,30). The molecule has 3 aromatic rings. The smallest absolute Gasteiger partial charge is 0.253 e. The minimum Gasteiger partial charge on any atom is -0.338 e. The van der Waals surface area contributed by atoms with Gasteiger partial charge in [0.2, 0.25) is 5.91 Å². The molecule has 0 spiro atoms. The Morgan fingerprint density at radius 2 is 1.68 bits per heavy atom. The topological polar surface area (TPSA) is 67.2 Å². The van der Waals surface area contributed by atoms with Gasteiger partial charge in [0.25, 0.3) is 5.91 Å². The van der Waals surface area contributed by atoms with Crippen molar-refractivity contribution in [2.75, 3.05) is 18.4 Å². The van der Waals surface area contributed by atoms with E-state index in [0.29, 0.717) is 24.5 Å². The molecule has 4 rings (SSSR count). The van der Waals surface area contributed by atoms with Crippen LogP contribution in [0.3, 0.4) is 0 Å². The van der Waals surface area contributed by atoms with Crippen LogP contribution in [0.15, 0.2) is 54.7 Å². The largest absolute Gasteiger partial charge is 0.338 e. The lowest BCUT2D eigenvalue weighted by molar-refractivity contribution is -0.121. The van der Waals surface area contributed by atoms with Crippen molar-refractivity contribution in [2.24, 2.45) is 5.92 Å². The summed E-state index contributed by atoms with van der Waals surface area (Å²) >= 11 is 0. The number of nitrogens with one attached hydrogen (secondary N) is 1. The normalized spacial score (nSPS) is 16.2. The minimum absolute atomic E-state index is 0.0292. The van der Waals surface area contributed by atoms with Crippen molar-refractivity contribution >= 4 is 17.6 Å². The molecule has 0 bridgehead atoms. The highest BCUT2D eigenvalue weighted by Crippen LogP contribution is 2.22. The molecule has 1 aliphatic rings. The van der Waals surface area contributed by atoms with Gasteiger partial charge in [-0.05, 0) is 81.6 Å². The second-order valence-corrected chi connectivity index (χ2v) is 8.30. The number of anilines is 1. The molecular weight excluding hydrogens is 388 g/mol. The van der Waals surface area contributed by atoms with Crippen LogP contribution in [0.5, 0.6) is 0 Å². The highest BCUT2D eigenvalue weighted by Gasteiger charge is 2.29. The van der Waals surface area contributed by atoms with Crippen LogP contribution in [-0.4, -0.2) is 39.4 Å². The van der Waals surface area contributed by atoms with Gasteiger partial charge in [0.05, 0.1) is 5.92 Å². The summed E-state index contributed by atoms with van der Waals surface area (Å²) in [6, 6.07) is 15.6. The first-order valence-electron chi connectivity index (χ1n) is 10.7. The third kappa shape index (κ3) is 4.53. The van der Waals surface area contributed by atoms with E-state index in [1.54, 1.807) is 17.2 Å². The quantitative estimate of drug-likeness (QED) is 0.690. The molecule has 0 saturated carbocycles. The molecule has 1 saturated heterocycles. The average molecular weight is 417 g/mol. The van der Waals surface area contributed by atoms with Crippen LogP contribution in [0, 0.1) is 26.7 Å². The van der Waals surface area contributed by atoms with Crippen molar-refractivity contribution < 1.29 is 9.59 Å². The molecule has 1 aliphatic heterocycles. The van der Waals surface area contributed by atoms with Crippen LogP contribution < -0.4 is 5.32 Å².